The van der Waals surface area contributed by atoms with Gasteiger partial charge in [0.05, 0.1) is 15.8 Å². The number of thiazole rings is 1. The summed E-state index contributed by atoms with van der Waals surface area (Å²) in [5, 5.41) is 3.09. The van der Waals surface area contributed by atoms with Crippen molar-refractivity contribution in [3.05, 3.63) is 52.6 Å². The van der Waals surface area contributed by atoms with E-state index < -0.39 is 6.09 Å². The van der Waals surface area contributed by atoms with Gasteiger partial charge in [-0.25, -0.2) is 9.78 Å². The van der Waals surface area contributed by atoms with Crippen LogP contribution in [0.2, 0.25) is 0 Å². The summed E-state index contributed by atoms with van der Waals surface area (Å²) in [4.78, 5) is 27.8. The number of primary amides is 1. The van der Waals surface area contributed by atoms with Crippen LogP contribution in [-0.4, -0.2) is 17.0 Å². The Bertz CT molecular complexity index is 971. The van der Waals surface area contributed by atoms with Crippen LogP contribution < -0.4 is 15.8 Å². The molecule has 0 spiro atoms. The third kappa shape index (κ3) is 3.46. The molecule has 2 aromatic carbocycles. The van der Waals surface area contributed by atoms with Crippen molar-refractivity contribution in [2.75, 3.05) is 5.32 Å². The number of nitrogens with one attached hydrogen (secondary N) is 1. The fraction of sp³-hybridized carbons (Fsp3) is 0.167. The van der Waals surface area contributed by atoms with E-state index in [9.17, 15) is 9.59 Å². The Morgan fingerprint density at radius 2 is 1.84 bits per heavy atom. The van der Waals surface area contributed by atoms with Gasteiger partial charge < -0.3 is 15.8 Å². The maximum atomic E-state index is 12.8. The number of nitrogens with two attached hydrogens (primary N) is 1. The van der Waals surface area contributed by atoms with Crippen molar-refractivity contribution < 1.29 is 14.3 Å². The van der Waals surface area contributed by atoms with Crippen molar-refractivity contribution in [2.24, 2.45) is 5.73 Å². The lowest BCUT2D eigenvalue weighted by Crippen LogP contribution is -2.15. The summed E-state index contributed by atoms with van der Waals surface area (Å²) in [6, 6.07) is 9.24. The standard InChI is InChI=1S/C18H17N3O3S/c1-9-7-10(2)14(11(3)8-9)21-16(22)12-5-4-6-13-15(12)25-18(20-13)24-17(19)23/h4-8H,1-3H3,(H2,19,23)(H,21,22). The molecule has 3 N–H and O–H groups in total. The first-order valence-corrected chi connectivity index (χ1v) is 8.43. The highest BCUT2D eigenvalue weighted by atomic mass is 32.1. The van der Waals surface area contributed by atoms with Gasteiger partial charge in [-0.3, -0.25) is 4.79 Å². The number of amides is 2. The number of rotatable bonds is 3. The van der Waals surface area contributed by atoms with E-state index >= 15 is 0 Å². The molecule has 0 bridgehead atoms. The van der Waals surface area contributed by atoms with Gasteiger partial charge in [0, 0.05) is 5.69 Å². The third-order valence-corrected chi connectivity index (χ3v) is 4.73. The predicted octanol–water partition coefficient (Wildman–Crippen LogP) is 3.93. The Labute approximate surface area is 148 Å². The summed E-state index contributed by atoms with van der Waals surface area (Å²) in [5.74, 6) is -0.241. The SMILES string of the molecule is Cc1cc(C)c(NC(=O)c2cccc3nc(OC(N)=O)sc23)c(C)c1. The van der Waals surface area contributed by atoms with Gasteiger partial charge in [0.15, 0.2) is 0 Å². The predicted molar refractivity (Wildman–Crippen MR) is 98.4 cm³/mol. The fourth-order valence-electron chi connectivity index (χ4n) is 2.80. The summed E-state index contributed by atoms with van der Waals surface area (Å²) in [6.07, 6.45) is -0.934. The number of fused-ring (bicyclic) bond motifs is 1. The molecule has 0 fully saturated rings. The molecule has 3 rings (SSSR count). The number of aromatic nitrogens is 1. The highest BCUT2D eigenvalue weighted by Gasteiger charge is 2.17. The van der Waals surface area contributed by atoms with Gasteiger partial charge in [-0.2, -0.15) is 0 Å². The summed E-state index contributed by atoms with van der Waals surface area (Å²) >= 11 is 1.11. The number of benzene rings is 2. The van der Waals surface area contributed by atoms with Crippen LogP contribution in [0, 0.1) is 20.8 Å². The van der Waals surface area contributed by atoms with E-state index in [0.717, 1.165) is 33.7 Å². The van der Waals surface area contributed by atoms with Crippen molar-refractivity contribution >= 4 is 39.2 Å². The van der Waals surface area contributed by atoms with Crippen molar-refractivity contribution in [1.82, 2.24) is 4.98 Å². The molecule has 1 aromatic heterocycles. The van der Waals surface area contributed by atoms with Gasteiger partial charge in [-0.15, -0.1) is 0 Å². The van der Waals surface area contributed by atoms with Crippen LogP contribution in [0.25, 0.3) is 10.2 Å². The number of ether oxygens (including phenoxy) is 1. The topological polar surface area (TPSA) is 94.3 Å². The van der Waals surface area contributed by atoms with E-state index in [0.29, 0.717) is 15.8 Å². The van der Waals surface area contributed by atoms with Gasteiger partial charge in [-0.05, 0) is 44.0 Å². The van der Waals surface area contributed by atoms with Crippen molar-refractivity contribution in [2.45, 2.75) is 20.8 Å². The minimum Gasteiger partial charge on any atom is -0.381 e. The minimum atomic E-state index is -0.934. The monoisotopic (exact) mass is 355 g/mol. The van der Waals surface area contributed by atoms with E-state index in [1.807, 2.05) is 32.9 Å². The molecule has 0 saturated heterocycles. The Hall–Kier alpha value is -2.93. The molecular formula is C18H17N3O3S. The Morgan fingerprint density at radius 1 is 1.16 bits per heavy atom. The second kappa shape index (κ2) is 6.52. The van der Waals surface area contributed by atoms with Gasteiger partial charge in [0.1, 0.15) is 0 Å². The van der Waals surface area contributed by atoms with Crippen LogP contribution in [0.4, 0.5) is 10.5 Å². The second-order valence-electron chi connectivity index (χ2n) is 5.78. The third-order valence-electron chi connectivity index (χ3n) is 3.74. The molecule has 1 heterocycles. The largest absolute Gasteiger partial charge is 0.411 e. The smallest absolute Gasteiger partial charge is 0.381 e. The van der Waals surface area contributed by atoms with Crippen molar-refractivity contribution in [3.63, 3.8) is 0 Å². The fourth-order valence-corrected chi connectivity index (χ4v) is 3.73. The number of hydrogen-bond donors (Lipinski definition) is 2. The first-order valence-electron chi connectivity index (χ1n) is 7.61. The average molecular weight is 355 g/mol. The van der Waals surface area contributed by atoms with Crippen molar-refractivity contribution in [1.29, 1.82) is 0 Å². The van der Waals surface area contributed by atoms with E-state index in [1.165, 1.54) is 0 Å². The molecule has 6 nitrogen and oxygen atoms in total. The van der Waals surface area contributed by atoms with Crippen LogP contribution >= 0.6 is 11.3 Å². The maximum absolute atomic E-state index is 12.8. The van der Waals surface area contributed by atoms with Gasteiger partial charge >= 0.3 is 6.09 Å². The van der Waals surface area contributed by atoms with Crippen LogP contribution in [-0.2, 0) is 0 Å². The van der Waals surface area contributed by atoms with E-state index in [1.54, 1.807) is 18.2 Å². The summed E-state index contributed by atoms with van der Waals surface area (Å²) in [5.41, 5.74) is 10.0. The van der Waals surface area contributed by atoms with Gasteiger partial charge in [0.2, 0.25) is 0 Å². The van der Waals surface area contributed by atoms with E-state index in [-0.39, 0.29) is 11.1 Å². The normalized spacial score (nSPS) is 10.7. The Kier molecular flexibility index (Phi) is 4.41. The molecule has 0 aliphatic heterocycles. The molecule has 7 heteroatoms. The second-order valence-corrected chi connectivity index (χ2v) is 6.74. The molecule has 128 valence electrons. The van der Waals surface area contributed by atoms with E-state index in [4.69, 9.17) is 10.5 Å². The number of carbonyl (C=O) groups excluding carboxylic acids is 2. The summed E-state index contributed by atoms with van der Waals surface area (Å²) in [6.45, 7) is 5.94. The first kappa shape index (κ1) is 16.9. The molecule has 0 saturated carbocycles. The molecular weight excluding hydrogens is 338 g/mol. The quantitative estimate of drug-likeness (QED) is 0.744. The highest BCUT2D eigenvalue weighted by Crippen LogP contribution is 2.31. The lowest BCUT2D eigenvalue weighted by Gasteiger charge is -2.13. The Morgan fingerprint density at radius 3 is 2.48 bits per heavy atom. The van der Waals surface area contributed by atoms with E-state index in [2.05, 4.69) is 10.3 Å². The molecule has 25 heavy (non-hydrogen) atoms. The number of hydrogen-bond acceptors (Lipinski definition) is 5. The highest BCUT2D eigenvalue weighted by molar-refractivity contribution is 7.20. The molecule has 0 aliphatic carbocycles. The number of nitrogens with zero attached hydrogens (tertiary/aromatic N) is 1. The Balaban J connectivity index is 1.97. The summed E-state index contributed by atoms with van der Waals surface area (Å²) in [7, 11) is 0. The van der Waals surface area contributed by atoms with Gasteiger partial charge in [0.25, 0.3) is 11.1 Å². The number of carbonyl (C=O) groups is 2. The zero-order valence-corrected chi connectivity index (χ0v) is 14.9. The van der Waals surface area contributed by atoms with Gasteiger partial charge in [-0.1, -0.05) is 35.1 Å². The van der Waals surface area contributed by atoms with Crippen molar-refractivity contribution in [3.8, 4) is 5.19 Å². The van der Waals surface area contributed by atoms with Crippen LogP contribution in [0.15, 0.2) is 30.3 Å². The maximum Gasteiger partial charge on any atom is 0.411 e. The number of anilines is 1. The number of aryl methyl sites for hydroxylation is 3. The molecule has 0 radical (unpaired) electrons. The lowest BCUT2D eigenvalue weighted by atomic mass is 10.0. The molecule has 0 unspecified atom stereocenters. The van der Waals surface area contributed by atoms with Crippen LogP contribution in [0.1, 0.15) is 27.0 Å². The summed E-state index contributed by atoms with van der Waals surface area (Å²) < 4.78 is 5.46. The molecule has 2 amide bonds. The van der Waals surface area contributed by atoms with Crippen LogP contribution in [0.3, 0.4) is 0 Å². The van der Waals surface area contributed by atoms with Crippen LogP contribution in [0.5, 0.6) is 5.19 Å². The lowest BCUT2D eigenvalue weighted by molar-refractivity contribution is 0.102. The minimum absolute atomic E-state index is 0.116. The zero-order chi connectivity index (χ0) is 18.1. The molecule has 0 aliphatic rings. The molecule has 0 atom stereocenters. The average Bonchev–Trinajstić information content (AvgIpc) is 2.91. The zero-order valence-electron chi connectivity index (χ0n) is 14.0. The first-order chi connectivity index (χ1) is 11.8. The molecule has 3 aromatic rings.